The molecule has 3 aromatic rings. The van der Waals surface area contributed by atoms with Crippen molar-refractivity contribution >= 4 is 11.5 Å². The lowest BCUT2D eigenvalue weighted by molar-refractivity contribution is -0.389. The van der Waals surface area contributed by atoms with Gasteiger partial charge in [0.1, 0.15) is 6.20 Å². The number of aryl methyl sites for hydroxylation is 1. The zero-order valence-corrected chi connectivity index (χ0v) is 11.3. The van der Waals surface area contributed by atoms with Crippen LogP contribution in [0.4, 0.5) is 5.82 Å². The van der Waals surface area contributed by atoms with Crippen LogP contribution < -0.4 is 5.56 Å². The molecule has 2 heterocycles. The van der Waals surface area contributed by atoms with Gasteiger partial charge in [0.05, 0.1) is 6.54 Å². The molecule has 3 rings (SSSR count). The molecule has 0 atom stereocenters. The zero-order valence-electron chi connectivity index (χ0n) is 11.3. The minimum atomic E-state index is -0.614. The van der Waals surface area contributed by atoms with E-state index in [1.165, 1.54) is 15.2 Å². The van der Waals surface area contributed by atoms with E-state index in [1.807, 2.05) is 31.2 Å². The van der Waals surface area contributed by atoms with Crippen LogP contribution in [0, 0.1) is 17.0 Å². The first-order valence-corrected chi connectivity index (χ1v) is 6.33. The molecular weight excluding hydrogens is 272 g/mol. The van der Waals surface area contributed by atoms with E-state index in [0.29, 0.717) is 6.54 Å². The summed E-state index contributed by atoms with van der Waals surface area (Å²) in [6, 6.07) is 7.83. The van der Waals surface area contributed by atoms with E-state index in [-0.39, 0.29) is 17.0 Å². The monoisotopic (exact) mass is 284 g/mol. The van der Waals surface area contributed by atoms with Gasteiger partial charge in [-0.2, -0.15) is 0 Å². The van der Waals surface area contributed by atoms with Crippen molar-refractivity contribution in [2.24, 2.45) is 0 Å². The van der Waals surface area contributed by atoms with Crippen LogP contribution in [-0.4, -0.2) is 18.9 Å². The van der Waals surface area contributed by atoms with Crippen molar-refractivity contribution in [1.29, 1.82) is 0 Å². The molecule has 0 saturated carbocycles. The Morgan fingerprint density at radius 1 is 1.24 bits per heavy atom. The van der Waals surface area contributed by atoms with Crippen LogP contribution in [0.25, 0.3) is 5.65 Å². The van der Waals surface area contributed by atoms with E-state index in [0.717, 1.165) is 11.1 Å². The molecule has 2 aromatic heterocycles. The van der Waals surface area contributed by atoms with E-state index >= 15 is 0 Å². The largest absolute Gasteiger partial charge is 0.382 e. The van der Waals surface area contributed by atoms with Gasteiger partial charge in [0.25, 0.3) is 0 Å². The number of fused-ring (bicyclic) bond motifs is 1. The van der Waals surface area contributed by atoms with Gasteiger partial charge >= 0.3 is 17.0 Å². The molecule has 0 fully saturated rings. The minimum absolute atomic E-state index is 0.0521. The first-order chi connectivity index (χ1) is 10.0. The van der Waals surface area contributed by atoms with Crippen molar-refractivity contribution in [3.8, 4) is 0 Å². The van der Waals surface area contributed by atoms with Crippen LogP contribution in [-0.2, 0) is 6.54 Å². The molecule has 0 aliphatic rings. The Hall–Kier alpha value is -2.96. The van der Waals surface area contributed by atoms with E-state index in [9.17, 15) is 14.9 Å². The number of rotatable bonds is 3. The van der Waals surface area contributed by atoms with Gasteiger partial charge in [-0.1, -0.05) is 29.8 Å². The maximum absolute atomic E-state index is 12.3. The lowest BCUT2D eigenvalue weighted by atomic mass is 10.1. The van der Waals surface area contributed by atoms with Crippen molar-refractivity contribution in [3.05, 3.63) is 74.5 Å². The maximum atomic E-state index is 12.3. The Balaban J connectivity index is 2.03. The standard InChI is InChI=1S/C14H12N4O3/c1-10-2-4-11(5-3-10)8-17-7-6-16-9-12(18(20)21)15-13(16)14(17)19/h2-7,9H,8H2,1H3. The Kier molecular flexibility index (Phi) is 3.02. The van der Waals surface area contributed by atoms with Crippen molar-refractivity contribution in [2.75, 3.05) is 0 Å². The molecule has 0 unspecified atom stereocenters. The van der Waals surface area contributed by atoms with E-state index < -0.39 is 4.92 Å². The molecule has 0 radical (unpaired) electrons. The lowest BCUT2D eigenvalue weighted by Gasteiger charge is -2.05. The normalized spacial score (nSPS) is 10.9. The maximum Gasteiger partial charge on any atom is 0.382 e. The van der Waals surface area contributed by atoms with Crippen LogP contribution in [0.1, 0.15) is 11.1 Å². The van der Waals surface area contributed by atoms with Gasteiger partial charge in [-0.05, 0) is 22.4 Å². The van der Waals surface area contributed by atoms with Gasteiger partial charge in [-0.3, -0.25) is 9.20 Å². The van der Waals surface area contributed by atoms with Gasteiger partial charge in [0, 0.05) is 12.4 Å². The molecule has 0 amide bonds. The summed E-state index contributed by atoms with van der Waals surface area (Å²) < 4.78 is 2.85. The summed E-state index contributed by atoms with van der Waals surface area (Å²) in [5.74, 6) is -0.333. The Labute approximate surface area is 119 Å². The van der Waals surface area contributed by atoms with Crippen LogP contribution in [0.15, 0.2) is 47.7 Å². The first kappa shape index (κ1) is 13.0. The number of nitro groups is 1. The van der Waals surface area contributed by atoms with Gasteiger partial charge in [-0.15, -0.1) is 0 Å². The van der Waals surface area contributed by atoms with Gasteiger partial charge in [0.15, 0.2) is 0 Å². The third kappa shape index (κ3) is 2.40. The van der Waals surface area contributed by atoms with Crippen LogP contribution in [0.3, 0.4) is 0 Å². The fraction of sp³-hybridized carbons (Fsp3) is 0.143. The van der Waals surface area contributed by atoms with E-state index in [4.69, 9.17) is 0 Å². The molecule has 0 aliphatic heterocycles. The fourth-order valence-corrected chi connectivity index (χ4v) is 2.10. The summed E-state index contributed by atoms with van der Waals surface area (Å²) in [5.41, 5.74) is 1.82. The molecule has 0 saturated heterocycles. The second kappa shape index (κ2) is 4.86. The molecule has 106 valence electrons. The summed E-state index contributed by atoms with van der Waals surface area (Å²) in [7, 11) is 0. The highest BCUT2D eigenvalue weighted by Crippen LogP contribution is 2.09. The second-order valence-corrected chi connectivity index (χ2v) is 4.80. The van der Waals surface area contributed by atoms with Crippen molar-refractivity contribution < 1.29 is 4.92 Å². The molecule has 21 heavy (non-hydrogen) atoms. The fourth-order valence-electron chi connectivity index (χ4n) is 2.10. The number of benzene rings is 1. The molecule has 7 heteroatoms. The third-order valence-electron chi connectivity index (χ3n) is 3.24. The molecule has 1 aromatic carbocycles. The van der Waals surface area contributed by atoms with E-state index in [1.54, 1.807) is 12.4 Å². The van der Waals surface area contributed by atoms with Crippen molar-refractivity contribution in [1.82, 2.24) is 14.0 Å². The van der Waals surface area contributed by atoms with Crippen molar-refractivity contribution in [3.63, 3.8) is 0 Å². The molecular formula is C14H12N4O3. The molecule has 0 aliphatic carbocycles. The lowest BCUT2D eigenvalue weighted by Crippen LogP contribution is -2.22. The third-order valence-corrected chi connectivity index (χ3v) is 3.24. The zero-order chi connectivity index (χ0) is 15.0. The Bertz CT molecular complexity index is 877. The number of aromatic nitrogens is 3. The van der Waals surface area contributed by atoms with Crippen LogP contribution in [0.2, 0.25) is 0 Å². The molecule has 7 nitrogen and oxygen atoms in total. The molecule has 0 spiro atoms. The highest BCUT2D eigenvalue weighted by atomic mass is 16.6. The molecule has 0 bridgehead atoms. The van der Waals surface area contributed by atoms with Gasteiger partial charge in [0.2, 0.25) is 0 Å². The highest BCUT2D eigenvalue weighted by Gasteiger charge is 2.17. The SMILES string of the molecule is Cc1ccc(Cn2ccn3cc([N+](=O)[O-])nc3c2=O)cc1. The first-order valence-electron chi connectivity index (χ1n) is 6.33. The average molecular weight is 284 g/mol. The van der Waals surface area contributed by atoms with Crippen molar-refractivity contribution in [2.45, 2.75) is 13.5 Å². The summed E-state index contributed by atoms with van der Waals surface area (Å²) in [6.45, 7) is 2.39. The summed E-state index contributed by atoms with van der Waals surface area (Å²) >= 11 is 0. The minimum Gasteiger partial charge on any atom is -0.358 e. The number of hydrogen-bond acceptors (Lipinski definition) is 4. The topological polar surface area (TPSA) is 82.4 Å². The average Bonchev–Trinajstić information content (AvgIpc) is 2.89. The Morgan fingerprint density at radius 3 is 2.62 bits per heavy atom. The number of imidazole rings is 1. The second-order valence-electron chi connectivity index (χ2n) is 4.80. The number of nitrogens with zero attached hydrogens (tertiary/aromatic N) is 4. The van der Waals surface area contributed by atoms with Gasteiger partial charge < -0.3 is 14.7 Å². The van der Waals surface area contributed by atoms with Crippen LogP contribution >= 0.6 is 0 Å². The predicted molar refractivity (Wildman–Crippen MR) is 76.4 cm³/mol. The predicted octanol–water partition coefficient (Wildman–Crippen LogP) is 1.76. The summed E-state index contributed by atoms with van der Waals surface area (Å²) in [6.07, 6.45) is 4.42. The highest BCUT2D eigenvalue weighted by molar-refractivity contribution is 5.41. The summed E-state index contributed by atoms with van der Waals surface area (Å²) in [5, 5.41) is 10.7. The van der Waals surface area contributed by atoms with Crippen LogP contribution in [0.5, 0.6) is 0 Å². The smallest absolute Gasteiger partial charge is 0.358 e. The van der Waals surface area contributed by atoms with E-state index in [2.05, 4.69) is 4.98 Å². The van der Waals surface area contributed by atoms with Gasteiger partial charge in [-0.25, -0.2) is 0 Å². The Morgan fingerprint density at radius 2 is 1.95 bits per heavy atom. The number of hydrogen-bond donors (Lipinski definition) is 0. The quantitative estimate of drug-likeness (QED) is 0.542. The molecule has 0 N–H and O–H groups in total. The summed E-state index contributed by atoms with van der Waals surface area (Å²) in [4.78, 5) is 26.1.